The SMILES string of the molecule is Br.CCC(CC)CCn1c(C#N)cn(CC(=O)c2cc(C(C)(C)C)c(O)c(C(C)(C)C)c2)c1=N. The molecule has 0 saturated carbocycles. The highest BCUT2D eigenvalue weighted by Crippen LogP contribution is 2.39. The summed E-state index contributed by atoms with van der Waals surface area (Å²) in [7, 11) is 0. The van der Waals surface area contributed by atoms with Gasteiger partial charge in [-0.15, -0.1) is 17.0 Å². The number of carbonyl (C=O) groups is 1. The number of hydrogen-bond donors (Lipinski definition) is 2. The van der Waals surface area contributed by atoms with E-state index in [0.29, 0.717) is 23.7 Å². The van der Waals surface area contributed by atoms with Crippen molar-refractivity contribution in [1.82, 2.24) is 9.13 Å². The van der Waals surface area contributed by atoms with E-state index in [1.165, 1.54) is 0 Å². The molecule has 7 heteroatoms. The van der Waals surface area contributed by atoms with Crippen LogP contribution >= 0.6 is 17.0 Å². The lowest BCUT2D eigenvalue weighted by molar-refractivity contribution is 0.0969. The second-order valence-electron chi connectivity index (χ2n) is 11.0. The Balaban J connectivity index is 0.00000578. The molecule has 2 rings (SSSR count). The predicted octanol–water partition coefficient (Wildman–Crippen LogP) is 6.23. The maximum Gasteiger partial charge on any atom is 0.203 e. The number of aromatic hydroxyl groups is 1. The number of benzene rings is 1. The van der Waals surface area contributed by atoms with E-state index in [1.807, 2.05) is 41.5 Å². The van der Waals surface area contributed by atoms with Gasteiger partial charge in [0.2, 0.25) is 5.62 Å². The Bertz CT molecular complexity index is 1070. The first-order chi connectivity index (χ1) is 15.2. The molecule has 2 N–H and O–H groups in total. The van der Waals surface area contributed by atoms with Crippen LogP contribution in [-0.2, 0) is 23.9 Å². The average Bonchev–Trinajstić information content (AvgIpc) is 3.01. The Morgan fingerprint density at radius 3 is 2.00 bits per heavy atom. The molecule has 0 radical (unpaired) electrons. The first-order valence-corrected chi connectivity index (χ1v) is 11.9. The maximum atomic E-state index is 13.3. The Labute approximate surface area is 214 Å². The zero-order chi connectivity index (χ0) is 25.1. The molecule has 2 aromatic rings. The number of rotatable bonds is 8. The summed E-state index contributed by atoms with van der Waals surface area (Å²) in [4.78, 5) is 13.3. The number of imidazole rings is 1. The third-order valence-electron chi connectivity index (χ3n) is 6.49. The molecule has 0 aliphatic rings. The van der Waals surface area contributed by atoms with Crippen LogP contribution in [0, 0.1) is 22.7 Å². The van der Waals surface area contributed by atoms with Gasteiger partial charge < -0.3 is 14.2 Å². The second-order valence-corrected chi connectivity index (χ2v) is 11.0. The van der Waals surface area contributed by atoms with Crippen LogP contribution in [-0.4, -0.2) is 20.0 Å². The highest BCUT2D eigenvalue weighted by atomic mass is 79.9. The van der Waals surface area contributed by atoms with Gasteiger partial charge in [-0.3, -0.25) is 10.2 Å². The molecule has 0 fully saturated rings. The molecule has 1 heterocycles. The lowest BCUT2D eigenvalue weighted by Crippen LogP contribution is -2.28. The van der Waals surface area contributed by atoms with Crippen LogP contribution in [0.3, 0.4) is 0 Å². The number of phenols is 1. The van der Waals surface area contributed by atoms with E-state index in [9.17, 15) is 15.2 Å². The fourth-order valence-electron chi connectivity index (χ4n) is 4.18. The standard InChI is InChI=1S/C27H40N4O2.BrH/c1-9-18(10-2)11-12-31-20(15-28)16-30(25(31)29)17-23(32)19-13-21(26(3,4)5)24(33)22(14-19)27(6,7)8;/h13-14,16,18,29,33H,9-12,17H2,1-8H3;1H. The number of halogens is 1. The van der Waals surface area contributed by atoms with Crippen LogP contribution < -0.4 is 5.62 Å². The van der Waals surface area contributed by atoms with Gasteiger partial charge in [-0.05, 0) is 35.3 Å². The molecule has 188 valence electrons. The molecule has 1 aromatic carbocycles. The lowest BCUT2D eigenvalue weighted by atomic mass is 9.78. The lowest BCUT2D eigenvalue weighted by Gasteiger charge is -2.28. The molecule has 1 aromatic heterocycles. The predicted molar refractivity (Wildman–Crippen MR) is 142 cm³/mol. The van der Waals surface area contributed by atoms with E-state index >= 15 is 0 Å². The van der Waals surface area contributed by atoms with Crippen molar-refractivity contribution >= 4 is 22.8 Å². The summed E-state index contributed by atoms with van der Waals surface area (Å²) < 4.78 is 3.25. The van der Waals surface area contributed by atoms with E-state index in [2.05, 4.69) is 19.9 Å². The van der Waals surface area contributed by atoms with Gasteiger partial charge in [0, 0.05) is 29.4 Å². The van der Waals surface area contributed by atoms with Crippen molar-refractivity contribution in [1.29, 1.82) is 10.7 Å². The summed E-state index contributed by atoms with van der Waals surface area (Å²) in [5.41, 5.74) is 1.87. The summed E-state index contributed by atoms with van der Waals surface area (Å²) in [6.45, 7) is 17.0. The molecule has 6 nitrogen and oxygen atoms in total. The molecule has 0 unspecified atom stereocenters. The van der Waals surface area contributed by atoms with E-state index < -0.39 is 0 Å². The zero-order valence-electron chi connectivity index (χ0n) is 22.0. The highest BCUT2D eigenvalue weighted by Gasteiger charge is 2.28. The highest BCUT2D eigenvalue weighted by molar-refractivity contribution is 8.93. The topological polar surface area (TPSA) is 94.8 Å². The molecule has 0 atom stereocenters. The van der Waals surface area contributed by atoms with Crippen molar-refractivity contribution in [3.8, 4) is 11.8 Å². The number of hydrogen-bond acceptors (Lipinski definition) is 4. The van der Waals surface area contributed by atoms with Gasteiger partial charge in [0.1, 0.15) is 17.5 Å². The van der Waals surface area contributed by atoms with Crippen LogP contribution in [0.15, 0.2) is 18.3 Å². The van der Waals surface area contributed by atoms with E-state index in [4.69, 9.17) is 5.41 Å². The Morgan fingerprint density at radius 2 is 1.59 bits per heavy atom. The van der Waals surface area contributed by atoms with E-state index in [-0.39, 0.29) is 51.5 Å². The third kappa shape index (κ3) is 6.63. The van der Waals surface area contributed by atoms with Gasteiger partial charge in [-0.1, -0.05) is 68.2 Å². The average molecular weight is 534 g/mol. The minimum absolute atomic E-state index is 0. The smallest absolute Gasteiger partial charge is 0.203 e. The van der Waals surface area contributed by atoms with Gasteiger partial charge >= 0.3 is 0 Å². The van der Waals surface area contributed by atoms with Crippen LogP contribution in [0.5, 0.6) is 5.75 Å². The van der Waals surface area contributed by atoms with Gasteiger partial charge in [-0.2, -0.15) is 5.26 Å². The molecular weight excluding hydrogens is 492 g/mol. The van der Waals surface area contributed by atoms with Crippen LogP contribution in [0.4, 0.5) is 0 Å². The van der Waals surface area contributed by atoms with Gasteiger partial charge in [-0.25, -0.2) is 0 Å². The number of aromatic nitrogens is 2. The normalized spacial score (nSPS) is 11.9. The monoisotopic (exact) mass is 532 g/mol. The second kappa shape index (κ2) is 11.4. The number of ketones is 1. The molecule has 0 amide bonds. The summed E-state index contributed by atoms with van der Waals surface area (Å²) in [6.07, 6.45) is 4.64. The van der Waals surface area contributed by atoms with Crippen molar-refractivity contribution in [3.05, 3.63) is 46.3 Å². The summed E-state index contributed by atoms with van der Waals surface area (Å²) in [5, 5.41) is 29.1. The van der Waals surface area contributed by atoms with Gasteiger partial charge in [0.05, 0.1) is 6.54 Å². The van der Waals surface area contributed by atoms with E-state index in [1.54, 1.807) is 27.5 Å². The summed E-state index contributed by atoms with van der Waals surface area (Å²) >= 11 is 0. The fraction of sp³-hybridized carbons (Fsp3) is 0.593. The summed E-state index contributed by atoms with van der Waals surface area (Å²) in [5.74, 6) is 0.642. The van der Waals surface area contributed by atoms with Gasteiger partial charge in [0.25, 0.3) is 0 Å². The van der Waals surface area contributed by atoms with Crippen molar-refractivity contribution in [2.45, 2.75) is 98.6 Å². The van der Waals surface area contributed by atoms with Crippen molar-refractivity contribution < 1.29 is 9.90 Å². The summed E-state index contributed by atoms with van der Waals surface area (Å²) in [6, 6.07) is 5.71. The Morgan fingerprint density at radius 1 is 1.09 bits per heavy atom. The van der Waals surface area contributed by atoms with Gasteiger partial charge in [0.15, 0.2) is 5.78 Å². The van der Waals surface area contributed by atoms with E-state index in [0.717, 1.165) is 30.4 Å². The van der Waals surface area contributed by atoms with Crippen molar-refractivity contribution in [3.63, 3.8) is 0 Å². The fourth-order valence-corrected chi connectivity index (χ4v) is 4.18. The zero-order valence-corrected chi connectivity index (χ0v) is 23.7. The largest absolute Gasteiger partial charge is 0.507 e. The molecule has 34 heavy (non-hydrogen) atoms. The first kappa shape index (κ1) is 29.7. The van der Waals surface area contributed by atoms with Crippen molar-refractivity contribution in [2.75, 3.05) is 0 Å². The quantitative estimate of drug-likeness (QED) is 0.394. The molecule has 0 spiro atoms. The number of Topliss-reactive ketones (excluding diaryl/α,β-unsaturated/α-hetero) is 1. The maximum absolute atomic E-state index is 13.3. The molecule has 0 aliphatic heterocycles. The molecule has 0 saturated heterocycles. The Kier molecular flexibility index (Phi) is 9.96. The number of nitrogens with one attached hydrogen (secondary N) is 1. The number of carbonyl (C=O) groups excluding carboxylic acids is 1. The van der Waals surface area contributed by atoms with Crippen LogP contribution in [0.2, 0.25) is 0 Å². The minimum Gasteiger partial charge on any atom is -0.507 e. The molecule has 0 aliphatic carbocycles. The number of nitriles is 1. The molecule has 0 bridgehead atoms. The number of phenolic OH excluding ortho intramolecular Hbond substituents is 1. The third-order valence-corrected chi connectivity index (χ3v) is 6.49. The van der Waals surface area contributed by atoms with Crippen molar-refractivity contribution in [2.24, 2.45) is 5.92 Å². The molecular formula is C27H41BrN4O2. The first-order valence-electron chi connectivity index (χ1n) is 11.9. The van der Waals surface area contributed by atoms with Crippen LogP contribution in [0.25, 0.3) is 0 Å². The Hall–Kier alpha value is -2.33. The minimum atomic E-state index is -0.333. The van der Waals surface area contributed by atoms with Crippen LogP contribution in [0.1, 0.15) is 102 Å². The number of nitrogens with zero attached hydrogens (tertiary/aromatic N) is 3.